The van der Waals surface area contributed by atoms with Crippen molar-refractivity contribution in [3.63, 3.8) is 0 Å². The highest BCUT2D eigenvalue weighted by Gasteiger charge is 2.18. The normalized spacial score (nSPS) is 11.9. The Morgan fingerprint density at radius 1 is 1.35 bits per heavy atom. The van der Waals surface area contributed by atoms with E-state index in [4.69, 9.17) is 0 Å². The molecule has 6 nitrogen and oxygen atoms in total. The Labute approximate surface area is 121 Å². The fourth-order valence-corrected chi connectivity index (χ4v) is 2.15. The van der Waals surface area contributed by atoms with Crippen molar-refractivity contribution < 1.29 is 4.79 Å². The number of aryl methyl sites for hydroxylation is 1. The van der Waals surface area contributed by atoms with Gasteiger partial charge in [0.2, 0.25) is 5.91 Å². The molecule has 0 aliphatic heterocycles. The molecular weight excluding hydrogens is 254 g/mol. The van der Waals surface area contributed by atoms with E-state index in [1.165, 1.54) is 0 Å². The lowest BCUT2D eigenvalue weighted by molar-refractivity contribution is -0.123. The second-order valence-corrected chi connectivity index (χ2v) is 4.94. The highest BCUT2D eigenvalue weighted by Crippen LogP contribution is 2.23. The van der Waals surface area contributed by atoms with Crippen LogP contribution >= 0.6 is 0 Å². The third-order valence-corrected chi connectivity index (χ3v) is 3.32. The summed E-state index contributed by atoms with van der Waals surface area (Å²) in [6.07, 6.45) is 0.779. The van der Waals surface area contributed by atoms with Gasteiger partial charge in [-0.2, -0.15) is 0 Å². The number of carbonyl (C=O) groups is 1. The average molecular weight is 279 g/mol. The lowest BCUT2D eigenvalue weighted by atomic mass is 10.1. The molecule has 1 aromatic rings. The molecule has 112 valence electrons. The Hall–Kier alpha value is -1.85. The van der Waals surface area contributed by atoms with Crippen molar-refractivity contribution >= 4 is 17.5 Å². The molecule has 6 heteroatoms. The van der Waals surface area contributed by atoms with Crippen molar-refractivity contribution in [3.8, 4) is 0 Å². The summed E-state index contributed by atoms with van der Waals surface area (Å²) in [4.78, 5) is 22.7. The molecule has 0 radical (unpaired) electrons. The third-order valence-electron chi connectivity index (χ3n) is 3.32. The van der Waals surface area contributed by atoms with Gasteiger partial charge in [0, 0.05) is 39.7 Å². The van der Waals surface area contributed by atoms with Crippen LogP contribution in [0.4, 0.5) is 11.6 Å². The van der Waals surface area contributed by atoms with Crippen molar-refractivity contribution in [1.82, 2.24) is 15.3 Å². The van der Waals surface area contributed by atoms with Crippen LogP contribution in [-0.4, -0.2) is 43.6 Å². The highest BCUT2D eigenvalue weighted by molar-refractivity contribution is 5.78. The maximum Gasteiger partial charge on any atom is 0.224 e. The number of anilines is 2. The fourth-order valence-electron chi connectivity index (χ4n) is 2.15. The van der Waals surface area contributed by atoms with E-state index in [-0.39, 0.29) is 11.8 Å². The number of aromatic nitrogens is 2. The molecular formula is C14H25N5O. The van der Waals surface area contributed by atoms with Crippen LogP contribution in [0.1, 0.15) is 25.2 Å². The highest BCUT2D eigenvalue weighted by atomic mass is 16.1. The molecule has 1 unspecified atom stereocenters. The van der Waals surface area contributed by atoms with Crippen molar-refractivity contribution in [3.05, 3.63) is 11.4 Å². The molecule has 0 spiro atoms. The Morgan fingerprint density at radius 3 is 2.50 bits per heavy atom. The minimum absolute atomic E-state index is 0.0353. The summed E-state index contributed by atoms with van der Waals surface area (Å²) >= 11 is 0. The van der Waals surface area contributed by atoms with Crippen LogP contribution in [-0.2, 0) is 11.2 Å². The first-order valence-corrected chi connectivity index (χ1v) is 6.92. The van der Waals surface area contributed by atoms with Gasteiger partial charge in [0.1, 0.15) is 17.5 Å². The fraction of sp³-hybridized carbons (Fsp3) is 0.643. The molecule has 0 aromatic carbocycles. The Morgan fingerprint density at radius 2 is 2.00 bits per heavy atom. The SMILES string of the molecule is CCc1nc(NC)c(C)c(N(C)CC(C)C(=O)NC)n1. The summed E-state index contributed by atoms with van der Waals surface area (Å²) in [5.41, 5.74) is 0.997. The molecule has 20 heavy (non-hydrogen) atoms. The first-order chi connectivity index (χ1) is 9.44. The van der Waals surface area contributed by atoms with Gasteiger partial charge in [-0.15, -0.1) is 0 Å². The molecule has 0 bridgehead atoms. The number of amides is 1. The van der Waals surface area contributed by atoms with E-state index in [0.29, 0.717) is 6.54 Å². The molecule has 1 rings (SSSR count). The van der Waals surface area contributed by atoms with Crippen molar-refractivity contribution in [1.29, 1.82) is 0 Å². The van der Waals surface area contributed by atoms with Crippen LogP contribution in [0.15, 0.2) is 0 Å². The van der Waals surface area contributed by atoms with Crippen LogP contribution in [0.3, 0.4) is 0 Å². The van der Waals surface area contributed by atoms with E-state index in [9.17, 15) is 4.79 Å². The summed E-state index contributed by atoms with van der Waals surface area (Å²) in [5, 5.41) is 5.77. The van der Waals surface area contributed by atoms with Gasteiger partial charge in [-0.1, -0.05) is 13.8 Å². The van der Waals surface area contributed by atoms with E-state index in [1.807, 2.05) is 39.8 Å². The van der Waals surface area contributed by atoms with Crippen LogP contribution < -0.4 is 15.5 Å². The molecule has 0 saturated carbocycles. The standard InChI is InChI=1S/C14H25N5O/c1-7-11-17-12(15-4)10(3)13(18-11)19(6)8-9(2)14(20)16-5/h9H,7-8H2,1-6H3,(H,16,20)(H,15,17,18). The van der Waals surface area contributed by atoms with Gasteiger partial charge in [0.25, 0.3) is 0 Å². The van der Waals surface area contributed by atoms with E-state index in [2.05, 4.69) is 20.6 Å². The van der Waals surface area contributed by atoms with Crippen LogP contribution in [0, 0.1) is 12.8 Å². The smallest absolute Gasteiger partial charge is 0.224 e. The van der Waals surface area contributed by atoms with Gasteiger partial charge < -0.3 is 15.5 Å². The minimum atomic E-state index is -0.0949. The second-order valence-electron chi connectivity index (χ2n) is 4.94. The summed E-state index contributed by atoms with van der Waals surface area (Å²) in [6.45, 7) is 6.54. The first-order valence-electron chi connectivity index (χ1n) is 6.92. The lowest BCUT2D eigenvalue weighted by Crippen LogP contribution is -2.35. The predicted octanol–water partition coefficient (Wildman–Crippen LogP) is 1.21. The quantitative estimate of drug-likeness (QED) is 0.819. The van der Waals surface area contributed by atoms with E-state index >= 15 is 0 Å². The number of carbonyl (C=O) groups excluding carboxylic acids is 1. The van der Waals surface area contributed by atoms with Gasteiger partial charge in [-0.05, 0) is 6.92 Å². The monoisotopic (exact) mass is 279 g/mol. The number of rotatable bonds is 6. The summed E-state index contributed by atoms with van der Waals surface area (Å²) in [5.74, 6) is 2.45. The Balaban J connectivity index is 3.02. The predicted molar refractivity (Wildman–Crippen MR) is 82.2 cm³/mol. The van der Waals surface area contributed by atoms with Gasteiger partial charge in [-0.25, -0.2) is 9.97 Å². The minimum Gasteiger partial charge on any atom is -0.373 e. The van der Waals surface area contributed by atoms with E-state index < -0.39 is 0 Å². The molecule has 0 fully saturated rings. The Bertz CT molecular complexity index is 475. The number of nitrogens with zero attached hydrogens (tertiary/aromatic N) is 3. The largest absolute Gasteiger partial charge is 0.373 e. The number of hydrogen-bond acceptors (Lipinski definition) is 5. The van der Waals surface area contributed by atoms with Gasteiger partial charge in [0.15, 0.2) is 0 Å². The van der Waals surface area contributed by atoms with E-state index in [0.717, 1.165) is 29.4 Å². The van der Waals surface area contributed by atoms with Gasteiger partial charge in [-0.3, -0.25) is 4.79 Å². The van der Waals surface area contributed by atoms with Gasteiger partial charge >= 0.3 is 0 Å². The first kappa shape index (κ1) is 16.2. The number of hydrogen-bond donors (Lipinski definition) is 2. The maximum absolute atomic E-state index is 11.6. The molecule has 2 N–H and O–H groups in total. The van der Waals surface area contributed by atoms with Crippen molar-refractivity contribution in [2.75, 3.05) is 37.9 Å². The average Bonchev–Trinajstić information content (AvgIpc) is 2.46. The van der Waals surface area contributed by atoms with Crippen LogP contribution in [0.5, 0.6) is 0 Å². The summed E-state index contributed by atoms with van der Waals surface area (Å²) < 4.78 is 0. The third kappa shape index (κ3) is 3.59. The zero-order valence-electron chi connectivity index (χ0n) is 13.2. The lowest BCUT2D eigenvalue weighted by Gasteiger charge is -2.24. The molecule has 0 saturated heterocycles. The Kier molecular flexibility index (Phi) is 5.73. The van der Waals surface area contributed by atoms with Crippen molar-refractivity contribution in [2.24, 2.45) is 5.92 Å². The number of nitrogens with one attached hydrogen (secondary N) is 2. The zero-order chi connectivity index (χ0) is 15.3. The molecule has 1 amide bonds. The molecule has 1 aromatic heterocycles. The summed E-state index contributed by atoms with van der Waals surface area (Å²) in [6, 6.07) is 0. The van der Waals surface area contributed by atoms with Crippen LogP contribution in [0.25, 0.3) is 0 Å². The zero-order valence-corrected chi connectivity index (χ0v) is 13.2. The second kappa shape index (κ2) is 7.07. The maximum atomic E-state index is 11.6. The molecule has 1 heterocycles. The van der Waals surface area contributed by atoms with Crippen LogP contribution in [0.2, 0.25) is 0 Å². The topological polar surface area (TPSA) is 70.2 Å². The van der Waals surface area contributed by atoms with Crippen molar-refractivity contribution in [2.45, 2.75) is 27.2 Å². The molecule has 1 atom stereocenters. The van der Waals surface area contributed by atoms with E-state index in [1.54, 1.807) is 7.05 Å². The summed E-state index contributed by atoms with van der Waals surface area (Å²) in [7, 11) is 5.46. The molecule has 0 aliphatic carbocycles. The molecule has 0 aliphatic rings. The van der Waals surface area contributed by atoms with Gasteiger partial charge in [0.05, 0.1) is 5.92 Å².